The number of alkyl halides is 6. The summed E-state index contributed by atoms with van der Waals surface area (Å²) in [6, 6.07) is 42.4. The molecule has 0 saturated heterocycles. The van der Waals surface area contributed by atoms with Gasteiger partial charge in [0.2, 0.25) is 0 Å². The molecule has 15 nitrogen and oxygen atoms in total. The minimum absolute atomic E-state index is 0. The number of benzene rings is 6. The van der Waals surface area contributed by atoms with Gasteiger partial charge in [0.1, 0.15) is 40.7 Å². The van der Waals surface area contributed by atoms with Gasteiger partial charge >= 0.3 is 11.9 Å². The molecule has 0 aromatic heterocycles. The van der Waals surface area contributed by atoms with E-state index in [0.29, 0.717) is 44.8 Å². The fraction of sp³-hybridized carbons (Fsp3) is 0.506. The number of esters is 2. The molecule has 0 aliphatic carbocycles. The Bertz CT molecular complexity index is 3210. The van der Waals surface area contributed by atoms with Gasteiger partial charge < -0.3 is 91.8 Å². The van der Waals surface area contributed by atoms with Crippen LogP contribution in [0.3, 0.4) is 0 Å². The normalized spacial score (nSPS) is 12.4. The molecule has 2 aliphatic heterocycles. The van der Waals surface area contributed by atoms with Crippen molar-refractivity contribution in [3.63, 3.8) is 0 Å². The Morgan fingerprint density at radius 1 is 0.581 bits per heavy atom. The van der Waals surface area contributed by atoms with Crippen molar-refractivity contribution in [3.05, 3.63) is 189 Å². The molecular weight excluding hydrogens is 2200 g/mol. The van der Waals surface area contributed by atoms with Crippen molar-refractivity contribution in [3.8, 4) is 34.5 Å². The number of hydrogen-bond donors (Lipinski definition) is 2. The summed E-state index contributed by atoms with van der Waals surface area (Å²) in [6.45, 7) is 42.4. The molecule has 0 saturated carbocycles. The maximum atomic E-state index is 11.8. The predicted molar refractivity (Wildman–Crippen MR) is 487 cm³/mol. The SMILES string of the molecule is CC(I)(I)I.CC(I)I.CC1(C)COCc2ccc(O)cc21.CCI.CCOC(=O)C(C)(C)c1cccc(OC)c1.CCOC(=O)Cc1cccc(OC)c1.COCOCC(C)(C)c1cccc(OC)c1.COc1ccc2c(c1)C(C)(C)COC2.COc1cccc(C(C)(C)CO)c1.C[CH-]I.[CH2-]C.[V].[V]. The summed E-state index contributed by atoms with van der Waals surface area (Å²) in [5.74, 6) is 4.05. The predicted octanol–water partition coefficient (Wildman–Crippen LogP) is 22.6. The van der Waals surface area contributed by atoms with Crippen LogP contribution in [0.1, 0.15) is 162 Å². The first-order valence-electron chi connectivity index (χ1n) is 33.5. The zero-order valence-corrected chi connectivity index (χ0v) is 84.0. The summed E-state index contributed by atoms with van der Waals surface area (Å²) >= 11 is 16.2. The quantitative estimate of drug-likeness (QED) is 0.0207. The van der Waals surface area contributed by atoms with Gasteiger partial charge in [0, 0.05) is 65.9 Å². The van der Waals surface area contributed by atoms with Crippen molar-refractivity contribution < 1.29 is 109 Å². The summed E-state index contributed by atoms with van der Waals surface area (Å²) in [4.78, 5) is 23.0. The fourth-order valence-corrected chi connectivity index (χ4v) is 8.99. The molecule has 2 aliphatic rings. The molecule has 24 heteroatoms. The molecule has 6 aromatic carbocycles. The van der Waals surface area contributed by atoms with Crippen LogP contribution in [-0.2, 0) is 122 Å². The molecule has 8 rings (SSSR count). The number of aliphatic hydroxyl groups excluding tert-OH is 1. The number of fused-ring (bicyclic) bond motifs is 2. The van der Waals surface area contributed by atoms with Gasteiger partial charge in [-0.15, -0.1) is 0 Å². The van der Waals surface area contributed by atoms with E-state index in [4.69, 9.17) is 52.1 Å². The Hall–Kier alpha value is -0.861. The van der Waals surface area contributed by atoms with Crippen LogP contribution in [0.25, 0.3) is 0 Å². The largest absolute Gasteiger partial charge is 0.508 e. The molecule has 2 radical (unpaired) electrons. The van der Waals surface area contributed by atoms with Crippen molar-refractivity contribution in [2.45, 2.75) is 166 Å². The summed E-state index contributed by atoms with van der Waals surface area (Å²) in [5, 5.41) is 18.5. The van der Waals surface area contributed by atoms with Crippen molar-refractivity contribution >= 4 is 170 Å². The molecular formula is C81H119I7O15V2-2. The number of phenols is 1. The van der Waals surface area contributed by atoms with E-state index >= 15 is 0 Å². The van der Waals surface area contributed by atoms with Crippen LogP contribution < -0.4 is 23.7 Å². The van der Waals surface area contributed by atoms with E-state index < -0.39 is 5.41 Å². The Kier molecular flexibility index (Phi) is 67.2. The van der Waals surface area contributed by atoms with Crippen LogP contribution >= 0.6 is 158 Å². The molecule has 6 aromatic rings. The first-order chi connectivity index (χ1) is 48.3. The average molecular weight is 2320 g/mol. The molecule has 2 N–H and O–H groups in total. The topological polar surface area (TPSA) is 176 Å². The van der Waals surface area contributed by atoms with Crippen molar-refractivity contribution in [1.29, 1.82) is 0 Å². The molecule has 0 spiro atoms. The van der Waals surface area contributed by atoms with Gasteiger partial charge in [-0.2, -0.15) is 13.8 Å². The van der Waals surface area contributed by atoms with Gasteiger partial charge in [-0.05, 0) is 163 Å². The van der Waals surface area contributed by atoms with E-state index in [2.05, 4.69) is 246 Å². The van der Waals surface area contributed by atoms with Gasteiger partial charge in [-0.1, -0.05) is 259 Å². The molecule has 105 heavy (non-hydrogen) atoms. The standard InChI is InChI=1S/C13H20O3.C13H18O3.C12H16O2.C11H14O3.C11H14O2.C11H16O2.C2H3I3.C2H4I2.C2H5I.C2H4I.C2H5.2V/c1-13(2,9-16-10-14-3)11-6-5-7-12(8-11)15-4;1-5-16-12(14)13(2,3)10-7-6-8-11(9-10)15-4;1-12(2)8-14-7-9-4-5-10(13-3)6-11(9)12;1-3-14-11(12)8-9-5-4-6-10(7-9)13-2;1-11(2)7-13-6-8-3-4-9(12)5-10(8)11;1-11(2,8-12)9-5-4-6-10(7-9)13-3;1-2(3,4)5;1-2(3)4;2*1-2-3;1-2;;/h5-8H,9-10H2,1-4H3;6-9H,5H2,1-4H3;4-6H,7-8H2,1-3H3;4-7H,3,8H2,1-2H3;3-5,12H,6-7H2,1-2H3;4-7,12H,8H2,1-3H3;1H3;2H,1H3;2H2,1H3;2H,1H3;1H2,2H3;;/q;;;;;;;;;2*-1;;. The summed E-state index contributed by atoms with van der Waals surface area (Å²) in [7, 11) is 9.85. The van der Waals surface area contributed by atoms with E-state index in [0.717, 1.165) is 67.2 Å². The van der Waals surface area contributed by atoms with E-state index in [-0.39, 0.29) is 77.3 Å². The third-order valence-corrected chi connectivity index (χ3v) is 14.4. The van der Waals surface area contributed by atoms with Gasteiger partial charge in [0.05, 0.1) is 102 Å². The number of rotatable bonds is 18. The van der Waals surface area contributed by atoms with Crippen LogP contribution in [0.5, 0.6) is 34.5 Å². The van der Waals surface area contributed by atoms with E-state index in [1.807, 2.05) is 148 Å². The van der Waals surface area contributed by atoms with Gasteiger partial charge in [-0.3, -0.25) is 14.0 Å². The third kappa shape index (κ3) is 50.8. The molecule has 0 unspecified atom stereocenters. The maximum Gasteiger partial charge on any atom is 0.315 e. The van der Waals surface area contributed by atoms with Crippen molar-refractivity contribution in [2.75, 3.05) is 93.5 Å². The second-order valence-electron chi connectivity index (χ2n) is 25.5. The van der Waals surface area contributed by atoms with E-state index in [1.54, 1.807) is 69.5 Å². The number of hydrogen-bond acceptors (Lipinski definition) is 15. The number of phenolic OH excluding ortho intramolecular Hbond substituents is 1. The van der Waals surface area contributed by atoms with Gasteiger partial charge in [0.25, 0.3) is 0 Å². The minimum atomic E-state index is -0.648. The number of aliphatic hydroxyl groups is 1. The van der Waals surface area contributed by atoms with Crippen LogP contribution in [0.4, 0.5) is 0 Å². The average Bonchev–Trinajstić information content (AvgIpc) is 0.804. The second kappa shape index (κ2) is 62.6. The van der Waals surface area contributed by atoms with Crippen LogP contribution in [0.2, 0.25) is 0 Å². The second-order valence-corrected chi connectivity index (χ2v) is 47.0. The van der Waals surface area contributed by atoms with Crippen LogP contribution in [0.15, 0.2) is 133 Å². The van der Waals surface area contributed by atoms with Gasteiger partial charge in [-0.25, -0.2) is 0 Å². The zero-order valence-electron chi connectivity index (χ0n) is 66.1. The molecule has 0 fully saturated rings. The Morgan fingerprint density at radius 3 is 1.32 bits per heavy atom. The summed E-state index contributed by atoms with van der Waals surface area (Å²) in [5.41, 5.74) is 8.34. The first-order valence-corrected chi connectivity index (χ1v) is 42.0. The number of ether oxygens (including phenoxy) is 11. The molecule has 2 heterocycles. The molecule has 0 atom stereocenters. The Labute approximate surface area is 752 Å². The maximum absolute atomic E-state index is 11.8. The van der Waals surface area contributed by atoms with Crippen LogP contribution in [0, 0.1) is 11.4 Å². The monoisotopic (exact) mass is 2320 g/mol. The molecule has 594 valence electrons. The fourth-order valence-electron chi connectivity index (χ4n) is 8.99. The molecule has 0 bridgehead atoms. The van der Waals surface area contributed by atoms with E-state index in [1.165, 1.54) is 32.2 Å². The number of methoxy groups -OCH3 is 6. The van der Waals surface area contributed by atoms with Crippen molar-refractivity contribution in [2.24, 2.45) is 0 Å². The minimum Gasteiger partial charge on any atom is -0.508 e. The molecule has 0 amide bonds. The Morgan fingerprint density at radius 2 is 0.933 bits per heavy atom. The number of aromatic hydroxyl groups is 1. The number of halogens is 7. The number of carbonyl (C=O) groups is 2. The Balaban J connectivity index is -0.000000363. The van der Waals surface area contributed by atoms with Crippen molar-refractivity contribution in [1.82, 2.24) is 0 Å². The number of carbonyl (C=O) groups excluding carboxylic acids is 2. The van der Waals surface area contributed by atoms with E-state index in [9.17, 15) is 19.8 Å². The third-order valence-electron chi connectivity index (χ3n) is 14.4. The summed E-state index contributed by atoms with van der Waals surface area (Å²) < 4.78 is 61.3. The zero-order chi connectivity index (χ0) is 79.6. The first kappa shape index (κ1) is 113. The smallest absolute Gasteiger partial charge is 0.315 e. The van der Waals surface area contributed by atoms with Crippen LogP contribution in [-0.4, -0.2) is 117 Å². The van der Waals surface area contributed by atoms with Gasteiger partial charge in [0.15, 0.2) is 0 Å². The summed E-state index contributed by atoms with van der Waals surface area (Å²) in [6.07, 6.45) is 0.297.